The van der Waals surface area contributed by atoms with Gasteiger partial charge in [0.2, 0.25) is 0 Å². The number of rotatable bonds is 6. The number of benzene rings is 1. The molecular formula is C19H33IN4S. The Balaban J connectivity index is 0.00000312. The van der Waals surface area contributed by atoms with Crippen LogP contribution in [0, 0.1) is 0 Å². The Bertz CT molecular complexity index is 511. The highest BCUT2D eigenvalue weighted by molar-refractivity contribution is 14.0. The molecule has 1 heterocycles. The molecule has 6 heteroatoms. The van der Waals surface area contributed by atoms with Gasteiger partial charge in [0, 0.05) is 44.0 Å². The molecule has 2 N–H and O–H groups in total. The quantitative estimate of drug-likeness (QED) is 0.374. The third kappa shape index (κ3) is 7.74. The molecule has 3 unspecified atom stereocenters. The predicted molar refractivity (Wildman–Crippen MR) is 122 cm³/mol. The average Bonchev–Trinajstić information content (AvgIpc) is 2.61. The molecule has 2 rings (SSSR count). The summed E-state index contributed by atoms with van der Waals surface area (Å²) in [4.78, 5) is 6.95. The van der Waals surface area contributed by atoms with Gasteiger partial charge >= 0.3 is 0 Å². The van der Waals surface area contributed by atoms with E-state index in [1.807, 2.05) is 18.8 Å². The molecule has 0 bridgehead atoms. The van der Waals surface area contributed by atoms with Crippen molar-refractivity contribution in [2.45, 2.75) is 50.6 Å². The first-order chi connectivity index (χ1) is 11.6. The number of thioether (sulfide) groups is 1. The maximum atomic E-state index is 4.37. The normalized spacial score (nSPS) is 22.8. The van der Waals surface area contributed by atoms with Gasteiger partial charge in [0.1, 0.15) is 0 Å². The second kappa shape index (κ2) is 12.0. The zero-order chi connectivity index (χ0) is 17.4. The molecule has 1 fully saturated rings. The van der Waals surface area contributed by atoms with E-state index in [1.54, 1.807) is 0 Å². The molecule has 1 aromatic rings. The zero-order valence-electron chi connectivity index (χ0n) is 15.9. The topological polar surface area (TPSA) is 39.7 Å². The first-order valence-electron chi connectivity index (χ1n) is 8.90. The van der Waals surface area contributed by atoms with E-state index in [4.69, 9.17) is 0 Å². The van der Waals surface area contributed by atoms with Gasteiger partial charge in [-0.1, -0.05) is 37.3 Å². The largest absolute Gasteiger partial charge is 0.355 e. The highest BCUT2D eigenvalue weighted by atomic mass is 127. The van der Waals surface area contributed by atoms with E-state index in [0.29, 0.717) is 17.3 Å². The van der Waals surface area contributed by atoms with E-state index in [9.17, 15) is 0 Å². The van der Waals surface area contributed by atoms with Crippen LogP contribution in [0.3, 0.4) is 0 Å². The van der Waals surface area contributed by atoms with Gasteiger partial charge in [0.05, 0.1) is 0 Å². The predicted octanol–water partition coefficient (Wildman–Crippen LogP) is 3.57. The minimum Gasteiger partial charge on any atom is -0.355 e. The summed E-state index contributed by atoms with van der Waals surface area (Å²) < 4.78 is 0. The first kappa shape index (κ1) is 22.6. The van der Waals surface area contributed by atoms with E-state index in [1.165, 1.54) is 5.56 Å². The smallest absolute Gasteiger partial charge is 0.191 e. The van der Waals surface area contributed by atoms with Crippen LogP contribution in [0.15, 0.2) is 35.3 Å². The average molecular weight is 476 g/mol. The van der Waals surface area contributed by atoms with Crippen molar-refractivity contribution in [1.82, 2.24) is 15.5 Å². The number of aliphatic imine (C=N–C) groups is 1. The number of likely N-dealkylation sites (tertiary alicyclic amines) is 1. The van der Waals surface area contributed by atoms with Crippen molar-refractivity contribution in [3.8, 4) is 0 Å². The fraction of sp³-hybridized carbons (Fsp3) is 0.632. The lowest BCUT2D eigenvalue weighted by Crippen LogP contribution is -2.51. The summed E-state index contributed by atoms with van der Waals surface area (Å²) in [6, 6.07) is 11.9. The molecule has 0 aliphatic carbocycles. The highest BCUT2D eigenvalue weighted by Gasteiger charge is 2.25. The second-order valence-electron chi connectivity index (χ2n) is 6.67. The van der Waals surface area contributed by atoms with Crippen molar-refractivity contribution in [3.63, 3.8) is 0 Å². The zero-order valence-corrected chi connectivity index (χ0v) is 19.0. The summed E-state index contributed by atoms with van der Waals surface area (Å²) in [6.45, 7) is 7.69. The third-order valence-corrected chi connectivity index (χ3v) is 5.74. The van der Waals surface area contributed by atoms with Gasteiger partial charge in [-0.15, -0.1) is 24.0 Å². The van der Waals surface area contributed by atoms with Crippen molar-refractivity contribution in [3.05, 3.63) is 35.9 Å². The number of nitrogens with one attached hydrogen (secondary N) is 2. The monoisotopic (exact) mass is 476 g/mol. The summed E-state index contributed by atoms with van der Waals surface area (Å²) in [5, 5.41) is 7.63. The van der Waals surface area contributed by atoms with Crippen LogP contribution in [0.1, 0.15) is 32.3 Å². The SMILES string of the molecule is CN=C(NCC(C)SC)NC1CCN(Cc2ccccc2)C(C)C1.I. The lowest BCUT2D eigenvalue weighted by Gasteiger charge is -2.38. The number of halogens is 1. The van der Waals surface area contributed by atoms with Gasteiger partial charge in [-0.25, -0.2) is 0 Å². The molecule has 1 saturated heterocycles. The van der Waals surface area contributed by atoms with Crippen molar-refractivity contribution in [1.29, 1.82) is 0 Å². The molecule has 4 nitrogen and oxygen atoms in total. The maximum absolute atomic E-state index is 4.37. The van der Waals surface area contributed by atoms with Crippen molar-refractivity contribution < 1.29 is 0 Å². The molecule has 0 saturated carbocycles. The molecule has 0 spiro atoms. The summed E-state index contributed by atoms with van der Waals surface area (Å²) >= 11 is 1.87. The number of piperidine rings is 1. The van der Waals surface area contributed by atoms with Gasteiger partial charge in [-0.05, 0) is 31.6 Å². The lowest BCUT2D eigenvalue weighted by atomic mass is 9.97. The second-order valence-corrected chi connectivity index (χ2v) is 7.95. The highest BCUT2D eigenvalue weighted by Crippen LogP contribution is 2.19. The van der Waals surface area contributed by atoms with Gasteiger partial charge in [0.15, 0.2) is 5.96 Å². The number of nitrogens with zero attached hydrogens (tertiary/aromatic N) is 2. The van der Waals surface area contributed by atoms with Crippen LogP contribution in [0.2, 0.25) is 0 Å². The van der Waals surface area contributed by atoms with Gasteiger partial charge in [0.25, 0.3) is 0 Å². The molecule has 0 amide bonds. The van der Waals surface area contributed by atoms with Gasteiger partial charge in [-0.3, -0.25) is 9.89 Å². The Morgan fingerprint density at radius 1 is 1.36 bits per heavy atom. The summed E-state index contributed by atoms with van der Waals surface area (Å²) in [7, 11) is 1.85. The van der Waals surface area contributed by atoms with Gasteiger partial charge < -0.3 is 10.6 Å². The van der Waals surface area contributed by atoms with E-state index in [0.717, 1.165) is 38.4 Å². The Kier molecular flexibility index (Phi) is 10.8. The van der Waals surface area contributed by atoms with Crippen molar-refractivity contribution in [2.75, 3.05) is 26.4 Å². The first-order valence-corrected chi connectivity index (χ1v) is 10.2. The summed E-state index contributed by atoms with van der Waals surface area (Å²) in [5.41, 5.74) is 1.40. The Labute approximate surface area is 174 Å². The molecule has 0 radical (unpaired) electrons. The molecule has 1 aromatic carbocycles. The maximum Gasteiger partial charge on any atom is 0.191 e. The number of guanidine groups is 1. The standard InChI is InChI=1S/C19H32N4S.HI/c1-15-12-18(22-19(20-3)21-13-16(2)24-4)10-11-23(15)14-17-8-6-5-7-9-17;/h5-9,15-16,18H,10-14H2,1-4H3,(H2,20,21,22);1H. The molecule has 25 heavy (non-hydrogen) atoms. The Morgan fingerprint density at radius 2 is 2.08 bits per heavy atom. The van der Waals surface area contributed by atoms with E-state index in [-0.39, 0.29) is 24.0 Å². The molecule has 3 atom stereocenters. The Morgan fingerprint density at radius 3 is 2.68 bits per heavy atom. The minimum absolute atomic E-state index is 0. The van der Waals surface area contributed by atoms with Crippen molar-refractivity contribution in [2.24, 2.45) is 4.99 Å². The molecular weight excluding hydrogens is 443 g/mol. The summed E-state index contributed by atoms with van der Waals surface area (Å²) in [5.74, 6) is 0.935. The van der Waals surface area contributed by atoms with Crippen LogP contribution in [-0.4, -0.2) is 54.6 Å². The lowest BCUT2D eigenvalue weighted by molar-refractivity contribution is 0.134. The molecule has 142 valence electrons. The fourth-order valence-corrected chi connectivity index (χ4v) is 3.37. The van der Waals surface area contributed by atoms with Crippen LogP contribution in [0.5, 0.6) is 0 Å². The van der Waals surface area contributed by atoms with Crippen LogP contribution >= 0.6 is 35.7 Å². The molecule has 1 aliphatic heterocycles. The van der Waals surface area contributed by atoms with Crippen LogP contribution in [0.25, 0.3) is 0 Å². The van der Waals surface area contributed by atoms with Crippen LogP contribution in [0.4, 0.5) is 0 Å². The van der Waals surface area contributed by atoms with Crippen LogP contribution in [-0.2, 0) is 6.54 Å². The van der Waals surface area contributed by atoms with Crippen molar-refractivity contribution >= 4 is 41.7 Å². The van der Waals surface area contributed by atoms with E-state index < -0.39 is 0 Å². The van der Waals surface area contributed by atoms with Crippen LogP contribution < -0.4 is 10.6 Å². The Hall–Kier alpha value is -0.470. The number of hydrogen-bond acceptors (Lipinski definition) is 3. The number of hydrogen-bond donors (Lipinski definition) is 2. The molecule has 0 aromatic heterocycles. The third-order valence-electron chi connectivity index (χ3n) is 4.77. The van der Waals surface area contributed by atoms with Gasteiger partial charge in [-0.2, -0.15) is 11.8 Å². The summed E-state index contributed by atoms with van der Waals surface area (Å²) in [6.07, 6.45) is 4.47. The van der Waals surface area contributed by atoms with E-state index >= 15 is 0 Å². The minimum atomic E-state index is 0. The fourth-order valence-electron chi connectivity index (χ4n) is 3.12. The molecule has 1 aliphatic rings. The van der Waals surface area contributed by atoms with E-state index in [2.05, 4.69) is 71.0 Å².